The summed E-state index contributed by atoms with van der Waals surface area (Å²) in [6.45, 7) is 9.51. The Labute approximate surface area is 178 Å². The van der Waals surface area contributed by atoms with Crippen LogP contribution < -0.4 is 15.4 Å². The van der Waals surface area contributed by atoms with Crippen LogP contribution in [0.4, 0.5) is 0 Å². The van der Waals surface area contributed by atoms with Crippen LogP contribution in [-0.4, -0.2) is 61.1 Å². The van der Waals surface area contributed by atoms with Gasteiger partial charge in [-0.25, -0.2) is 0 Å². The first kappa shape index (κ1) is 23.7. The minimum Gasteiger partial charge on any atom is -0.491 e. The second kappa shape index (κ2) is 11.5. The summed E-state index contributed by atoms with van der Waals surface area (Å²) in [5.74, 6) is 0.123. The van der Waals surface area contributed by atoms with Crippen LogP contribution in [0.5, 0.6) is 5.75 Å². The van der Waals surface area contributed by atoms with Gasteiger partial charge in [0.25, 0.3) is 0 Å². The number of amides is 2. The predicted octanol–water partition coefficient (Wildman–Crippen LogP) is 1.48. The lowest BCUT2D eigenvalue weighted by atomic mass is 10.1. The summed E-state index contributed by atoms with van der Waals surface area (Å²) in [7, 11) is 0. The molecule has 166 valence electrons. The van der Waals surface area contributed by atoms with Crippen LogP contribution >= 0.6 is 0 Å². The van der Waals surface area contributed by atoms with Crippen LogP contribution in [0.2, 0.25) is 0 Å². The summed E-state index contributed by atoms with van der Waals surface area (Å²) in [4.78, 5) is 38.5. The second-order valence-electron chi connectivity index (χ2n) is 8.15. The normalized spacial score (nSPS) is 17.0. The third-order valence-electron chi connectivity index (χ3n) is 4.51. The molecule has 0 radical (unpaired) electrons. The van der Waals surface area contributed by atoms with Crippen molar-refractivity contribution >= 4 is 17.8 Å². The molecule has 1 unspecified atom stereocenters. The molecule has 8 nitrogen and oxygen atoms in total. The van der Waals surface area contributed by atoms with Crippen LogP contribution in [0.25, 0.3) is 0 Å². The van der Waals surface area contributed by atoms with Crippen molar-refractivity contribution in [2.75, 3.05) is 26.2 Å². The third-order valence-corrected chi connectivity index (χ3v) is 4.51. The molecule has 0 aliphatic carbocycles. The number of carbonyl (C=O) groups is 3. The van der Waals surface area contributed by atoms with Gasteiger partial charge in [-0.1, -0.05) is 26.0 Å². The van der Waals surface area contributed by atoms with Gasteiger partial charge in [-0.05, 0) is 37.5 Å². The highest BCUT2D eigenvalue weighted by Crippen LogP contribution is 2.14. The number of nitrogens with one attached hydrogen (secondary N) is 2. The molecule has 8 heteroatoms. The number of hydrogen-bond acceptors (Lipinski definition) is 6. The van der Waals surface area contributed by atoms with E-state index in [-0.39, 0.29) is 36.8 Å². The molecule has 1 aliphatic rings. The molecule has 2 rings (SSSR count). The van der Waals surface area contributed by atoms with E-state index in [2.05, 4.69) is 10.6 Å². The average Bonchev–Trinajstić information content (AvgIpc) is 2.68. The van der Waals surface area contributed by atoms with E-state index in [1.165, 1.54) is 0 Å². The van der Waals surface area contributed by atoms with Crippen molar-refractivity contribution in [3.63, 3.8) is 0 Å². The molecule has 1 aromatic carbocycles. The SMILES string of the molecule is CC(C)COC(=O)CC1C(=O)NCCN1CC(=O)NCc1ccc(OC(C)C)cc1. The predicted molar refractivity (Wildman–Crippen MR) is 113 cm³/mol. The molecule has 0 spiro atoms. The highest BCUT2D eigenvalue weighted by Gasteiger charge is 2.33. The molecular formula is C22H33N3O5. The number of hydrogen-bond donors (Lipinski definition) is 2. The Bertz CT molecular complexity index is 718. The van der Waals surface area contributed by atoms with E-state index in [0.717, 1.165) is 11.3 Å². The summed E-state index contributed by atoms with van der Waals surface area (Å²) in [5, 5.41) is 5.62. The highest BCUT2D eigenvalue weighted by atomic mass is 16.5. The molecule has 0 saturated carbocycles. The number of rotatable bonds is 10. The molecule has 2 amide bonds. The monoisotopic (exact) mass is 419 g/mol. The zero-order valence-corrected chi connectivity index (χ0v) is 18.3. The Kier molecular flexibility index (Phi) is 9.11. The molecule has 1 fully saturated rings. The summed E-state index contributed by atoms with van der Waals surface area (Å²) in [5.41, 5.74) is 0.949. The first-order chi connectivity index (χ1) is 14.2. The van der Waals surface area contributed by atoms with Gasteiger partial charge in [0, 0.05) is 19.6 Å². The van der Waals surface area contributed by atoms with E-state index in [4.69, 9.17) is 9.47 Å². The van der Waals surface area contributed by atoms with Gasteiger partial charge in [0.1, 0.15) is 11.8 Å². The molecule has 2 N–H and O–H groups in total. The zero-order valence-electron chi connectivity index (χ0n) is 18.3. The van der Waals surface area contributed by atoms with Crippen LogP contribution in [0.3, 0.4) is 0 Å². The van der Waals surface area contributed by atoms with Gasteiger partial charge in [-0.15, -0.1) is 0 Å². The molecular weight excluding hydrogens is 386 g/mol. The smallest absolute Gasteiger partial charge is 0.307 e. The van der Waals surface area contributed by atoms with Gasteiger partial charge in [-0.3, -0.25) is 19.3 Å². The highest BCUT2D eigenvalue weighted by molar-refractivity contribution is 5.88. The maximum Gasteiger partial charge on any atom is 0.307 e. The van der Waals surface area contributed by atoms with Crippen LogP contribution in [0, 0.1) is 5.92 Å². The lowest BCUT2D eigenvalue weighted by Crippen LogP contribution is -2.58. The number of nitrogens with zero attached hydrogens (tertiary/aromatic N) is 1. The molecule has 30 heavy (non-hydrogen) atoms. The molecule has 1 heterocycles. The van der Waals surface area contributed by atoms with Gasteiger partial charge in [0.2, 0.25) is 11.8 Å². The van der Waals surface area contributed by atoms with E-state index >= 15 is 0 Å². The summed E-state index contributed by atoms with van der Waals surface area (Å²) < 4.78 is 10.8. The Morgan fingerprint density at radius 3 is 2.53 bits per heavy atom. The molecule has 1 aliphatic heterocycles. The van der Waals surface area contributed by atoms with Gasteiger partial charge in [0.15, 0.2) is 0 Å². The number of benzene rings is 1. The van der Waals surface area contributed by atoms with Crippen molar-refractivity contribution in [1.29, 1.82) is 0 Å². The number of carbonyl (C=O) groups excluding carboxylic acids is 3. The third kappa shape index (κ3) is 8.02. The topological polar surface area (TPSA) is 97.0 Å². The van der Waals surface area contributed by atoms with Crippen molar-refractivity contribution in [3.8, 4) is 5.75 Å². The van der Waals surface area contributed by atoms with Crippen LogP contribution in [0.15, 0.2) is 24.3 Å². The van der Waals surface area contributed by atoms with Crippen molar-refractivity contribution in [2.45, 2.75) is 52.8 Å². The largest absolute Gasteiger partial charge is 0.491 e. The Morgan fingerprint density at radius 2 is 1.90 bits per heavy atom. The lowest BCUT2D eigenvalue weighted by molar-refractivity contribution is -0.150. The Morgan fingerprint density at radius 1 is 1.20 bits per heavy atom. The van der Waals surface area contributed by atoms with Crippen LogP contribution in [0.1, 0.15) is 39.7 Å². The maximum atomic E-state index is 12.4. The van der Waals surface area contributed by atoms with Gasteiger partial charge in [0.05, 0.1) is 25.7 Å². The number of esters is 1. The lowest BCUT2D eigenvalue weighted by Gasteiger charge is -2.33. The van der Waals surface area contributed by atoms with Gasteiger partial charge in [-0.2, -0.15) is 0 Å². The fourth-order valence-electron chi connectivity index (χ4n) is 3.05. The number of ether oxygens (including phenoxy) is 2. The minimum absolute atomic E-state index is 0.0457. The minimum atomic E-state index is -0.698. The summed E-state index contributed by atoms with van der Waals surface area (Å²) in [6, 6.07) is 6.85. The molecule has 0 aromatic heterocycles. The molecule has 1 saturated heterocycles. The van der Waals surface area contributed by atoms with E-state index in [9.17, 15) is 14.4 Å². The average molecular weight is 420 g/mol. The van der Waals surface area contributed by atoms with Crippen molar-refractivity contribution in [3.05, 3.63) is 29.8 Å². The summed E-state index contributed by atoms with van der Waals surface area (Å²) >= 11 is 0. The summed E-state index contributed by atoms with van der Waals surface area (Å²) in [6.07, 6.45) is 0.0382. The van der Waals surface area contributed by atoms with Crippen molar-refractivity contribution in [2.24, 2.45) is 5.92 Å². The maximum absolute atomic E-state index is 12.4. The Balaban J connectivity index is 1.85. The Hall–Kier alpha value is -2.61. The first-order valence-corrected chi connectivity index (χ1v) is 10.4. The van der Waals surface area contributed by atoms with E-state index in [1.807, 2.05) is 52.0 Å². The molecule has 1 aromatic rings. The van der Waals surface area contributed by atoms with E-state index in [0.29, 0.717) is 26.2 Å². The van der Waals surface area contributed by atoms with Crippen molar-refractivity contribution < 1.29 is 23.9 Å². The fourth-order valence-corrected chi connectivity index (χ4v) is 3.05. The van der Waals surface area contributed by atoms with E-state index in [1.54, 1.807) is 4.90 Å². The first-order valence-electron chi connectivity index (χ1n) is 10.4. The van der Waals surface area contributed by atoms with Gasteiger partial charge >= 0.3 is 5.97 Å². The number of piperazine rings is 1. The second-order valence-corrected chi connectivity index (χ2v) is 8.15. The van der Waals surface area contributed by atoms with Crippen molar-refractivity contribution in [1.82, 2.24) is 15.5 Å². The van der Waals surface area contributed by atoms with E-state index < -0.39 is 12.0 Å². The standard InChI is InChI=1S/C22H33N3O5/c1-15(2)14-29-21(27)11-19-22(28)23-9-10-25(19)13-20(26)24-12-17-5-7-18(8-6-17)30-16(3)4/h5-8,15-16,19H,9-14H2,1-4H3,(H,23,28)(H,24,26). The van der Waals surface area contributed by atoms with Crippen LogP contribution in [-0.2, 0) is 25.7 Å². The molecule has 1 atom stereocenters. The zero-order chi connectivity index (χ0) is 22.1. The fraction of sp³-hybridized carbons (Fsp3) is 0.591. The quantitative estimate of drug-likeness (QED) is 0.558. The van der Waals surface area contributed by atoms with Gasteiger partial charge < -0.3 is 20.1 Å². The molecule has 0 bridgehead atoms.